The molecule has 2 rings (SSSR count). The molecule has 2 aromatic rings. The van der Waals surface area contributed by atoms with Crippen LogP contribution in [0.25, 0.3) is 0 Å². The average Bonchev–Trinajstić information content (AvgIpc) is 2.86. The number of H-pyrrole nitrogens is 1. The first kappa shape index (κ1) is 14.7. The van der Waals surface area contributed by atoms with Gasteiger partial charge >= 0.3 is 0 Å². The molecule has 0 aliphatic rings. The molecule has 1 aromatic carbocycles. The highest BCUT2D eigenvalue weighted by Gasteiger charge is 2.16. The minimum absolute atomic E-state index is 0.0139. The number of nitrogens with one attached hydrogen (secondary N) is 2. The quantitative estimate of drug-likeness (QED) is 0.888. The van der Waals surface area contributed by atoms with Crippen molar-refractivity contribution in [1.29, 1.82) is 0 Å². The first-order chi connectivity index (χ1) is 9.38. The van der Waals surface area contributed by atoms with Crippen molar-refractivity contribution >= 4 is 27.3 Å². The van der Waals surface area contributed by atoms with Crippen molar-refractivity contribution in [2.45, 2.75) is 25.0 Å². The number of halogens is 1. The van der Waals surface area contributed by atoms with Crippen molar-refractivity contribution in [3.63, 3.8) is 0 Å². The Morgan fingerprint density at radius 1 is 1.40 bits per heavy atom. The van der Waals surface area contributed by atoms with Gasteiger partial charge in [-0.05, 0) is 32.0 Å². The summed E-state index contributed by atoms with van der Waals surface area (Å²) in [5, 5.41) is 0.319. The fraction of sp³-hybridized carbons (Fsp3) is 0.250. The normalized spacial score (nSPS) is 11.6. The summed E-state index contributed by atoms with van der Waals surface area (Å²) in [7, 11) is -3.69. The standard InChI is InChI=1S/C12H14ClN3O3S/c1-8(2)19-11-4-3-9(5-10(11)13)16-20(17,18)12-6-14-7-15-12/h3-8,16H,1-2H3,(H,14,15). The van der Waals surface area contributed by atoms with E-state index in [1.807, 2.05) is 13.8 Å². The van der Waals surface area contributed by atoms with Gasteiger partial charge < -0.3 is 9.72 Å². The molecule has 108 valence electrons. The molecule has 6 nitrogen and oxygen atoms in total. The number of benzene rings is 1. The maximum atomic E-state index is 12.0. The third-order valence-corrected chi connectivity index (χ3v) is 3.91. The van der Waals surface area contributed by atoms with E-state index in [2.05, 4.69) is 14.7 Å². The van der Waals surface area contributed by atoms with E-state index in [1.54, 1.807) is 12.1 Å². The molecule has 0 aliphatic carbocycles. The zero-order valence-electron chi connectivity index (χ0n) is 10.9. The molecule has 0 fully saturated rings. The van der Waals surface area contributed by atoms with Crippen LogP contribution in [0.4, 0.5) is 5.69 Å². The van der Waals surface area contributed by atoms with Crippen molar-refractivity contribution < 1.29 is 13.2 Å². The fourth-order valence-electron chi connectivity index (χ4n) is 1.51. The number of sulfonamides is 1. The number of hydrogen-bond acceptors (Lipinski definition) is 4. The summed E-state index contributed by atoms with van der Waals surface area (Å²) in [6, 6.07) is 4.69. The molecule has 0 aliphatic heterocycles. The summed E-state index contributed by atoms with van der Waals surface area (Å²) < 4.78 is 31.8. The summed E-state index contributed by atoms with van der Waals surface area (Å²) in [5.74, 6) is 0.506. The lowest BCUT2D eigenvalue weighted by Crippen LogP contribution is -2.13. The second kappa shape index (κ2) is 5.72. The van der Waals surface area contributed by atoms with E-state index >= 15 is 0 Å². The highest BCUT2D eigenvalue weighted by Crippen LogP contribution is 2.29. The van der Waals surface area contributed by atoms with Gasteiger partial charge in [-0.3, -0.25) is 4.72 Å². The number of hydrogen-bond donors (Lipinski definition) is 2. The van der Waals surface area contributed by atoms with Crippen LogP contribution in [0.15, 0.2) is 35.7 Å². The van der Waals surface area contributed by atoms with Gasteiger partial charge in [-0.15, -0.1) is 0 Å². The van der Waals surface area contributed by atoms with Gasteiger partial charge in [0.2, 0.25) is 0 Å². The molecule has 20 heavy (non-hydrogen) atoms. The molecule has 0 saturated heterocycles. The van der Waals surface area contributed by atoms with Crippen LogP contribution in [0.5, 0.6) is 5.75 Å². The molecule has 0 bridgehead atoms. The number of aromatic amines is 1. The lowest BCUT2D eigenvalue weighted by Gasteiger charge is -2.13. The second-order valence-corrected chi connectivity index (χ2v) is 6.39. The number of ether oxygens (including phenoxy) is 1. The second-order valence-electron chi connectivity index (χ2n) is 4.33. The zero-order chi connectivity index (χ0) is 14.8. The van der Waals surface area contributed by atoms with Crippen LogP contribution in [0.3, 0.4) is 0 Å². The van der Waals surface area contributed by atoms with E-state index in [1.165, 1.54) is 18.6 Å². The molecule has 0 radical (unpaired) electrons. The largest absolute Gasteiger partial charge is 0.489 e. The molecule has 0 spiro atoms. The average molecular weight is 316 g/mol. The van der Waals surface area contributed by atoms with Gasteiger partial charge in [0.05, 0.1) is 29.3 Å². The molecule has 1 aromatic heterocycles. The lowest BCUT2D eigenvalue weighted by atomic mass is 10.3. The van der Waals surface area contributed by atoms with Gasteiger partial charge in [0.25, 0.3) is 10.0 Å². The molecule has 2 N–H and O–H groups in total. The van der Waals surface area contributed by atoms with Gasteiger partial charge in [0.15, 0.2) is 5.03 Å². The minimum atomic E-state index is -3.69. The highest BCUT2D eigenvalue weighted by atomic mass is 35.5. The Morgan fingerprint density at radius 2 is 2.15 bits per heavy atom. The number of nitrogens with zero attached hydrogens (tertiary/aromatic N) is 1. The monoisotopic (exact) mass is 315 g/mol. The van der Waals surface area contributed by atoms with E-state index in [0.717, 1.165) is 0 Å². The van der Waals surface area contributed by atoms with E-state index in [4.69, 9.17) is 16.3 Å². The smallest absolute Gasteiger partial charge is 0.278 e. The third-order valence-electron chi connectivity index (χ3n) is 2.31. The van der Waals surface area contributed by atoms with Crippen LogP contribution >= 0.6 is 11.6 Å². The lowest BCUT2D eigenvalue weighted by molar-refractivity contribution is 0.242. The Bertz CT molecular complexity index is 684. The van der Waals surface area contributed by atoms with Crippen LogP contribution in [0, 0.1) is 0 Å². The number of imidazole rings is 1. The Hall–Kier alpha value is -1.73. The summed E-state index contributed by atoms with van der Waals surface area (Å²) in [4.78, 5) is 6.20. The fourth-order valence-corrected chi connectivity index (χ4v) is 2.69. The van der Waals surface area contributed by atoms with E-state index in [-0.39, 0.29) is 11.1 Å². The molecule has 1 heterocycles. The Labute approximate surface area is 122 Å². The minimum Gasteiger partial charge on any atom is -0.489 e. The van der Waals surface area contributed by atoms with Crippen LogP contribution in [0.1, 0.15) is 13.8 Å². The summed E-state index contributed by atoms with van der Waals surface area (Å²) in [5.41, 5.74) is 0.348. The Kier molecular flexibility index (Phi) is 4.20. The number of aromatic nitrogens is 2. The summed E-state index contributed by atoms with van der Waals surface area (Å²) in [6.45, 7) is 3.76. The first-order valence-corrected chi connectivity index (χ1v) is 7.72. The zero-order valence-corrected chi connectivity index (χ0v) is 12.5. The summed E-state index contributed by atoms with van der Waals surface area (Å²) in [6.07, 6.45) is 2.50. The van der Waals surface area contributed by atoms with Crippen molar-refractivity contribution in [2.75, 3.05) is 4.72 Å². The van der Waals surface area contributed by atoms with Crippen molar-refractivity contribution in [3.05, 3.63) is 35.7 Å². The first-order valence-electron chi connectivity index (χ1n) is 5.86. The van der Waals surface area contributed by atoms with E-state index < -0.39 is 10.0 Å². The van der Waals surface area contributed by atoms with Crippen LogP contribution in [-0.2, 0) is 10.0 Å². The maximum Gasteiger partial charge on any atom is 0.278 e. The van der Waals surface area contributed by atoms with Gasteiger partial charge in [-0.1, -0.05) is 11.6 Å². The Morgan fingerprint density at radius 3 is 2.70 bits per heavy atom. The molecule has 0 amide bonds. The molecule has 0 unspecified atom stereocenters. The van der Waals surface area contributed by atoms with Gasteiger partial charge in [0.1, 0.15) is 5.75 Å². The highest BCUT2D eigenvalue weighted by molar-refractivity contribution is 7.92. The maximum absolute atomic E-state index is 12.0. The molecular weight excluding hydrogens is 302 g/mol. The van der Waals surface area contributed by atoms with E-state index in [0.29, 0.717) is 16.5 Å². The van der Waals surface area contributed by atoms with E-state index in [9.17, 15) is 8.42 Å². The van der Waals surface area contributed by atoms with Crippen LogP contribution in [-0.4, -0.2) is 24.5 Å². The molecule has 0 saturated carbocycles. The van der Waals surface area contributed by atoms with Gasteiger partial charge in [-0.2, -0.15) is 8.42 Å². The topological polar surface area (TPSA) is 84.1 Å². The van der Waals surface area contributed by atoms with Crippen LogP contribution < -0.4 is 9.46 Å². The molecule has 0 atom stereocenters. The predicted molar refractivity (Wildman–Crippen MR) is 76.6 cm³/mol. The third kappa shape index (κ3) is 3.43. The molecular formula is C12H14ClN3O3S. The Balaban J connectivity index is 2.21. The van der Waals surface area contributed by atoms with Crippen molar-refractivity contribution in [1.82, 2.24) is 9.97 Å². The predicted octanol–water partition coefficient (Wildman–Crippen LogP) is 2.65. The van der Waals surface area contributed by atoms with Crippen molar-refractivity contribution in [2.24, 2.45) is 0 Å². The van der Waals surface area contributed by atoms with Gasteiger partial charge in [0, 0.05) is 0 Å². The molecule has 8 heteroatoms. The van der Waals surface area contributed by atoms with Crippen LogP contribution in [0.2, 0.25) is 5.02 Å². The number of anilines is 1. The van der Waals surface area contributed by atoms with Gasteiger partial charge in [-0.25, -0.2) is 4.98 Å². The summed E-state index contributed by atoms with van der Waals surface area (Å²) >= 11 is 6.05. The SMILES string of the molecule is CC(C)Oc1ccc(NS(=O)(=O)c2cnc[nH]2)cc1Cl. The van der Waals surface area contributed by atoms with Crippen molar-refractivity contribution in [3.8, 4) is 5.75 Å². The number of rotatable bonds is 5.